The molecule has 4 rings (SSSR count). The van der Waals surface area contributed by atoms with Crippen LogP contribution in [0.15, 0.2) is 78.9 Å². The standard InChI is InChI=1S/C27H27NO3/c1-2-20-14-16-22(17-15-20)25(29)19-27(31)23-12-6-7-13-24(23)28(26(27)30)18-8-11-21-9-4-3-5-10-21/h3-7,9-10,12-17,31H,2,8,11,18-19H2,1H3. The maximum Gasteiger partial charge on any atom is 0.264 e. The average molecular weight is 414 g/mol. The SMILES string of the molecule is CCc1ccc(C(=O)CC2(O)C(=O)N(CCCc3ccccc3)c3ccccc32)cc1. The molecule has 0 saturated carbocycles. The van der Waals surface area contributed by atoms with E-state index in [1.165, 1.54) is 5.56 Å². The van der Waals surface area contributed by atoms with E-state index in [0.717, 1.165) is 24.8 Å². The zero-order chi connectivity index (χ0) is 21.8. The molecule has 3 aromatic rings. The Labute approximate surface area is 183 Å². The molecule has 1 unspecified atom stereocenters. The van der Waals surface area contributed by atoms with Crippen molar-refractivity contribution in [2.45, 2.75) is 38.2 Å². The second-order valence-corrected chi connectivity index (χ2v) is 8.07. The van der Waals surface area contributed by atoms with E-state index in [-0.39, 0.29) is 12.2 Å². The molecule has 158 valence electrons. The quantitative estimate of drug-likeness (QED) is 0.545. The molecule has 0 radical (unpaired) electrons. The van der Waals surface area contributed by atoms with Crippen molar-refractivity contribution in [1.29, 1.82) is 0 Å². The van der Waals surface area contributed by atoms with Crippen LogP contribution in [-0.2, 0) is 23.2 Å². The monoisotopic (exact) mass is 413 g/mol. The van der Waals surface area contributed by atoms with E-state index >= 15 is 0 Å². The van der Waals surface area contributed by atoms with Gasteiger partial charge in [-0.05, 0) is 36.5 Å². The molecule has 1 aliphatic heterocycles. The molecule has 0 aromatic heterocycles. The summed E-state index contributed by atoms with van der Waals surface area (Å²) < 4.78 is 0. The zero-order valence-corrected chi connectivity index (χ0v) is 17.8. The highest BCUT2D eigenvalue weighted by Gasteiger charge is 2.50. The highest BCUT2D eigenvalue weighted by molar-refractivity contribution is 6.10. The highest BCUT2D eigenvalue weighted by atomic mass is 16.3. The smallest absolute Gasteiger partial charge is 0.264 e. The minimum Gasteiger partial charge on any atom is -0.375 e. The summed E-state index contributed by atoms with van der Waals surface area (Å²) in [5.74, 6) is -0.653. The summed E-state index contributed by atoms with van der Waals surface area (Å²) >= 11 is 0. The van der Waals surface area contributed by atoms with E-state index in [1.54, 1.807) is 29.2 Å². The fraction of sp³-hybridized carbons (Fsp3) is 0.259. The van der Waals surface area contributed by atoms with Gasteiger partial charge in [0.2, 0.25) is 0 Å². The van der Waals surface area contributed by atoms with Gasteiger partial charge in [-0.3, -0.25) is 9.59 Å². The van der Waals surface area contributed by atoms with Gasteiger partial charge in [0, 0.05) is 17.7 Å². The molecule has 0 saturated heterocycles. The lowest BCUT2D eigenvalue weighted by Gasteiger charge is -2.23. The summed E-state index contributed by atoms with van der Waals surface area (Å²) in [5.41, 5.74) is 2.24. The number of hydrogen-bond acceptors (Lipinski definition) is 3. The first-order chi connectivity index (χ1) is 15.0. The molecule has 0 aliphatic carbocycles. The van der Waals surface area contributed by atoms with E-state index in [4.69, 9.17) is 0 Å². The minimum atomic E-state index is -1.83. The fourth-order valence-electron chi connectivity index (χ4n) is 4.25. The minimum absolute atomic E-state index is 0.237. The molecular weight excluding hydrogens is 386 g/mol. The molecule has 1 heterocycles. The van der Waals surface area contributed by atoms with Gasteiger partial charge in [0.1, 0.15) is 0 Å². The highest BCUT2D eigenvalue weighted by Crippen LogP contribution is 2.43. The maximum atomic E-state index is 13.3. The van der Waals surface area contributed by atoms with Crippen molar-refractivity contribution in [2.75, 3.05) is 11.4 Å². The summed E-state index contributed by atoms with van der Waals surface area (Å²) in [7, 11) is 0. The summed E-state index contributed by atoms with van der Waals surface area (Å²) in [6.07, 6.45) is 2.24. The van der Waals surface area contributed by atoms with Crippen molar-refractivity contribution in [3.05, 3.63) is 101 Å². The normalized spacial score (nSPS) is 17.6. The largest absolute Gasteiger partial charge is 0.375 e. The number of carbonyl (C=O) groups excluding carboxylic acids is 2. The van der Waals surface area contributed by atoms with Crippen molar-refractivity contribution in [2.24, 2.45) is 0 Å². The average Bonchev–Trinajstić information content (AvgIpc) is 3.01. The third kappa shape index (κ3) is 4.17. The molecular formula is C27H27NO3. The predicted octanol–water partition coefficient (Wildman–Crippen LogP) is 4.69. The van der Waals surface area contributed by atoms with Crippen LogP contribution < -0.4 is 4.90 Å². The van der Waals surface area contributed by atoms with Gasteiger partial charge in [0.15, 0.2) is 11.4 Å². The zero-order valence-electron chi connectivity index (χ0n) is 17.8. The molecule has 31 heavy (non-hydrogen) atoms. The number of Topliss-reactive ketones (excluding diaryl/α,β-unsaturated/α-hetero) is 1. The van der Waals surface area contributed by atoms with Gasteiger partial charge in [-0.1, -0.05) is 79.7 Å². The number of carbonyl (C=O) groups is 2. The van der Waals surface area contributed by atoms with Crippen LogP contribution in [0.5, 0.6) is 0 Å². The number of hydrogen-bond donors (Lipinski definition) is 1. The second-order valence-electron chi connectivity index (χ2n) is 8.07. The van der Waals surface area contributed by atoms with Crippen LogP contribution in [0.3, 0.4) is 0 Å². The molecule has 0 fully saturated rings. The Hall–Kier alpha value is -3.24. The third-order valence-corrected chi connectivity index (χ3v) is 6.03. The van der Waals surface area contributed by atoms with Crippen molar-refractivity contribution in [3.63, 3.8) is 0 Å². The molecule has 0 spiro atoms. The number of benzene rings is 3. The van der Waals surface area contributed by atoms with Crippen LogP contribution in [0.4, 0.5) is 5.69 Å². The number of para-hydroxylation sites is 1. The van der Waals surface area contributed by atoms with Gasteiger partial charge >= 0.3 is 0 Å². The number of ketones is 1. The van der Waals surface area contributed by atoms with Crippen LogP contribution in [0.2, 0.25) is 0 Å². The van der Waals surface area contributed by atoms with Crippen LogP contribution in [-0.4, -0.2) is 23.3 Å². The van der Waals surface area contributed by atoms with Gasteiger partial charge in [-0.15, -0.1) is 0 Å². The van der Waals surface area contributed by atoms with Gasteiger partial charge in [0.05, 0.1) is 12.1 Å². The van der Waals surface area contributed by atoms with Crippen LogP contribution >= 0.6 is 0 Å². The molecule has 4 heteroatoms. The van der Waals surface area contributed by atoms with Gasteiger partial charge in [-0.2, -0.15) is 0 Å². The maximum absolute atomic E-state index is 13.3. The van der Waals surface area contributed by atoms with Gasteiger partial charge in [0.25, 0.3) is 5.91 Å². The number of rotatable bonds is 8. The summed E-state index contributed by atoms with van der Waals surface area (Å²) in [4.78, 5) is 27.9. The predicted molar refractivity (Wildman–Crippen MR) is 122 cm³/mol. The Balaban J connectivity index is 1.53. The summed E-state index contributed by atoms with van der Waals surface area (Å²) in [5, 5.41) is 11.4. The van der Waals surface area contributed by atoms with E-state index in [1.807, 2.05) is 42.5 Å². The molecule has 3 aromatic carbocycles. The lowest BCUT2D eigenvalue weighted by molar-refractivity contribution is -0.135. The van der Waals surface area contributed by atoms with Crippen molar-refractivity contribution in [3.8, 4) is 0 Å². The first-order valence-corrected chi connectivity index (χ1v) is 10.8. The number of aryl methyl sites for hydroxylation is 2. The van der Waals surface area contributed by atoms with E-state index in [9.17, 15) is 14.7 Å². The Kier molecular flexibility index (Phi) is 6.01. The number of nitrogens with zero attached hydrogens (tertiary/aromatic N) is 1. The van der Waals surface area contributed by atoms with Crippen molar-refractivity contribution < 1.29 is 14.7 Å². The van der Waals surface area contributed by atoms with E-state index in [0.29, 0.717) is 23.4 Å². The molecule has 1 amide bonds. The Morgan fingerprint density at radius 3 is 2.29 bits per heavy atom. The topological polar surface area (TPSA) is 57.6 Å². The van der Waals surface area contributed by atoms with Gasteiger partial charge < -0.3 is 10.0 Å². The van der Waals surface area contributed by atoms with Crippen LogP contribution in [0, 0.1) is 0 Å². The molecule has 0 bridgehead atoms. The fourth-order valence-corrected chi connectivity index (χ4v) is 4.25. The molecule has 4 nitrogen and oxygen atoms in total. The summed E-state index contributed by atoms with van der Waals surface area (Å²) in [6, 6.07) is 24.7. The number of aliphatic hydroxyl groups is 1. The van der Waals surface area contributed by atoms with E-state index < -0.39 is 11.5 Å². The van der Waals surface area contributed by atoms with Crippen LogP contribution in [0.1, 0.15) is 46.8 Å². The third-order valence-electron chi connectivity index (χ3n) is 6.03. The number of anilines is 1. The van der Waals surface area contributed by atoms with Crippen molar-refractivity contribution >= 4 is 17.4 Å². The lowest BCUT2D eigenvalue weighted by atomic mass is 9.88. The first-order valence-electron chi connectivity index (χ1n) is 10.8. The second kappa shape index (κ2) is 8.86. The van der Waals surface area contributed by atoms with Crippen molar-refractivity contribution in [1.82, 2.24) is 0 Å². The lowest BCUT2D eigenvalue weighted by Crippen LogP contribution is -2.42. The first kappa shape index (κ1) is 21.0. The molecule has 1 atom stereocenters. The molecule has 1 aliphatic rings. The Morgan fingerprint density at radius 1 is 0.903 bits per heavy atom. The van der Waals surface area contributed by atoms with Crippen LogP contribution in [0.25, 0.3) is 0 Å². The number of amides is 1. The van der Waals surface area contributed by atoms with E-state index in [2.05, 4.69) is 19.1 Å². The Morgan fingerprint density at radius 2 is 1.58 bits per heavy atom. The summed E-state index contributed by atoms with van der Waals surface area (Å²) in [6.45, 7) is 2.55. The molecule has 1 N–H and O–H groups in total. The number of fused-ring (bicyclic) bond motifs is 1. The Bertz CT molecular complexity index is 1080. The van der Waals surface area contributed by atoms with Gasteiger partial charge in [-0.25, -0.2) is 0 Å².